The van der Waals surface area contributed by atoms with Crippen LogP contribution in [0.3, 0.4) is 0 Å². The van der Waals surface area contributed by atoms with Gasteiger partial charge in [0.25, 0.3) is 0 Å². The van der Waals surface area contributed by atoms with Crippen molar-refractivity contribution in [3.63, 3.8) is 0 Å². The van der Waals surface area contributed by atoms with E-state index in [9.17, 15) is 9.59 Å². The number of fused-ring (bicyclic) bond motifs is 1. The highest BCUT2D eigenvalue weighted by atomic mass is 32.1. The van der Waals surface area contributed by atoms with Crippen molar-refractivity contribution in [1.29, 1.82) is 0 Å². The summed E-state index contributed by atoms with van der Waals surface area (Å²) >= 11 is 1.29. The molecule has 0 saturated heterocycles. The Labute approximate surface area is 183 Å². The lowest BCUT2D eigenvalue weighted by Gasteiger charge is -2.09. The fourth-order valence-corrected chi connectivity index (χ4v) is 4.05. The minimum atomic E-state index is -0.328. The maximum atomic E-state index is 12.5. The summed E-state index contributed by atoms with van der Waals surface area (Å²) in [5, 5.41) is 5.03. The second-order valence-corrected chi connectivity index (χ2v) is 7.72. The minimum Gasteiger partial charge on any atom is -0.466 e. The van der Waals surface area contributed by atoms with Crippen molar-refractivity contribution in [3.8, 4) is 5.69 Å². The molecular formula is C23H22N4O3S. The van der Waals surface area contributed by atoms with Crippen LogP contribution in [-0.4, -0.2) is 33.0 Å². The average molecular weight is 435 g/mol. The fourth-order valence-electron chi connectivity index (χ4n) is 3.32. The molecule has 4 aromatic rings. The van der Waals surface area contributed by atoms with Crippen LogP contribution in [0.25, 0.3) is 16.7 Å². The number of aromatic nitrogens is 3. The molecular weight excluding hydrogens is 412 g/mol. The Hall–Kier alpha value is -3.52. The lowest BCUT2D eigenvalue weighted by atomic mass is 10.2. The number of aryl methyl sites for hydroxylation is 1. The number of nitrogens with zero attached hydrogens (tertiary/aromatic N) is 3. The zero-order valence-electron chi connectivity index (χ0n) is 17.1. The van der Waals surface area contributed by atoms with Gasteiger partial charge in [-0.3, -0.25) is 14.2 Å². The first-order valence-electron chi connectivity index (χ1n) is 10.1. The Morgan fingerprint density at radius 2 is 1.84 bits per heavy atom. The summed E-state index contributed by atoms with van der Waals surface area (Å²) in [6.07, 6.45) is 0.848. The molecule has 8 heteroatoms. The van der Waals surface area contributed by atoms with E-state index in [1.807, 2.05) is 54.6 Å². The molecule has 0 aliphatic heterocycles. The quantitative estimate of drug-likeness (QED) is 0.421. The van der Waals surface area contributed by atoms with Gasteiger partial charge < -0.3 is 10.1 Å². The molecule has 0 saturated carbocycles. The van der Waals surface area contributed by atoms with E-state index >= 15 is 0 Å². The van der Waals surface area contributed by atoms with Crippen LogP contribution in [0.15, 0.2) is 60.0 Å². The molecule has 2 aromatic carbocycles. The monoisotopic (exact) mass is 434 g/mol. The third kappa shape index (κ3) is 4.97. The number of ether oxygens (including phenoxy) is 1. The highest BCUT2D eigenvalue weighted by Crippen LogP contribution is 2.23. The number of hydrogen-bond donors (Lipinski definition) is 1. The summed E-state index contributed by atoms with van der Waals surface area (Å²) in [7, 11) is 0. The third-order valence-corrected chi connectivity index (χ3v) is 5.46. The predicted molar refractivity (Wildman–Crippen MR) is 120 cm³/mol. The highest BCUT2D eigenvalue weighted by molar-refractivity contribution is 7.13. The number of anilines is 1. The van der Waals surface area contributed by atoms with Gasteiger partial charge in [0.05, 0.1) is 29.8 Å². The van der Waals surface area contributed by atoms with Gasteiger partial charge in [-0.15, -0.1) is 11.3 Å². The molecule has 2 heterocycles. The molecule has 7 nitrogen and oxygen atoms in total. The number of rotatable bonds is 8. The van der Waals surface area contributed by atoms with Crippen molar-refractivity contribution in [1.82, 2.24) is 14.5 Å². The van der Waals surface area contributed by atoms with Crippen LogP contribution in [0, 0.1) is 0 Å². The fraction of sp³-hybridized carbons (Fsp3) is 0.217. The summed E-state index contributed by atoms with van der Waals surface area (Å²) in [6.45, 7) is 2.09. The first-order chi connectivity index (χ1) is 15.1. The van der Waals surface area contributed by atoms with Crippen molar-refractivity contribution in [2.75, 3.05) is 11.9 Å². The van der Waals surface area contributed by atoms with E-state index in [4.69, 9.17) is 9.72 Å². The standard InChI is InChI=1S/C23H22N4O3S/c1-2-30-22(29)14-16-15-31-23(24-16)26-21(28)13-12-20-25-18-10-6-7-11-19(18)27(20)17-8-4-3-5-9-17/h3-11,15H,2,12-14H2,1H3,(H,24,26,28). The molecule has 0 radical (unpaired) electrons. The lowest BCUT2D eigenvalue weighted by Crippen LogP contribution is -2.14. The summed E-state index contributed by atoms with van der Waals surface area (Å²) in [6, 6.07) is 17.9. The highest BCUT2D eigenvalue weighted by Gasteiger charge is 2.15. The molecule has 0 bridgehead atoms. The third-order valence-electron chi connectivity index (χ3n) is 4.65. The van der Waals surface area contributed by atoms with Gasteiger partial charge in [0.1, 0.15) is 5.82 Å². The summed E-state index contributed by atoms with van der Waals surface area (Å²) in [5.41, 5.74) is 3.50. The molecule has 158 valence electrons. The number of hydrogen-bond acceptors (Lipinski definition) is 6. The van der Waals surface area contributed by atoms with E-state index in [2.05, 4.69) is 14.9 Å². The lowest BCUT2D eigenvalue weighted by molar-refractivity contribution is -0.142. The van der Waals surface area contributed by atoms with Crippen molar-refractivity contribution >= 4 is 39.4 Å². The molecule has 0 fully saturated rings. The number of nitrogens with one attached hydrogen (secondary N) is 1. The average Bonchev–Trinajstić information content (AvgIpc) is 3.36. The Kier molecular flexibility index (Phi) is 6.37. The van der Waals surface area contributed by atoms with Crippen molar-refractivity contribution in [2.45, 2.75) is 26.2 Å². The molecule has 0 aliphatic carbocycles. The van der Waals surface area contributed by atoms with E-state index in [1.54, 1.807) is 12.3 Å². The number of carbonyl (C=O) groups is 2. The van der Waals surface area contributed by atoms with E-state index < -0.39 is 0 Å². The molecule has 2 aromatic heterocycles. The Morgan fingerprint density at radius 3 is 2.65 bits per heavy atom. The smallest absolute Gasteiger partial charge is 0.311 e. The predicted octanol–water partition coefficient (Wildman–Crippen LogP) is 4.16. The summed E-state index contributed by atoms with van der Waals surface area (Å²) in [4.78, 5) is 33.1. The largest absolute Gasteiger partial charge is 0.466 e. The van der Waals surface area contributed by atoms with Crippen LogP contribution in [0.5, 0.6) is 0 Å². The van der Waals surface area contributed by atoms with Gasteiger partial charge in [-0.25, -0.2) is 9.97 Å². The van der Waals surface area contributed by atoms with E-state index in [0.29, 0.717) is 23.9 Å². The van der Waals surface area contributed by atoms with E-state index in [0.717, 1.165) is 22.5 Å². The number of para-hydroxylation sites is 3. The normalized spacial score (nSPS) is 10.9. The number of benzene rings is 2. The maximum absolute atomic E-state index is 12.5. The Morgan fingerprint density at radius 1 is 1.06 bits per heavy atom. The van der Waals surface area contributed by atoms with Crippen LogP contribution in [-0.2, 0) is 27.2 Å². The van der Waals surface area contributed by atoms with Gasteiger partial charge in [0.2, 0.25) is 5.91 Å². The number of amides is 1. The number of esters is 1. The summed E-state index contributed by atoms with van der Waals surface area (Å²) in [5.74, 6) is 0.346. The van der Waals surface area contributed by atoms with E-state index in [1.165, 1.54) is 11.3 Å². The molecule has 31 heavy (non-hydrogen) atoms. The molecule has 0 spiro atoms. The van der Waals surface area contributed by atoms with Gasteiger partial charge in [-0.05, 0) is 31.2 Å². The van der Waals surface area contributed by atoms with Gasteiger partial charge in [-0.1, -0.05) is 30.3 Å². The van der Waals surface area contributed by atoms with Crippen LogP contribution in [0.1, 0.15) is 24.9 Å². The van der Waals surface area contributed by atoms with Gasteiger partial charge >= 0.3 is 5.97 Å². The molecule has 0 atom stereocenters. The molecule has 0 aliphatic rings. The second kappa shape index (κ2) is 9.53. The van der Waals surface area contributed by atoms with Crippen LogP contribution in [0.2, 0.25) is 0 Å². The van der Waals surface area contributed by atoms with Gasteiger partial charge in [-0.2, -0.15) is 0 Å². The van der Waals surface area contributed by atoms with Crippen LogP contribution in [0.4, 0.5) is 5.13 Å². The number of thiazole rings is 1. The minimum absolute atomic E-state index is 0.0985. The van der Waals surface area contributed by atoms with Gasteiger partial charge in [0, 0.05) is 23.9 Å². The van der Waals surface area contributed by atoms with Crippen LogP contribution < -0.4 is 5.32 Å². The summed E-state index contributed by atoms with van der Waals surface area (Å²) < 4.78 is 7.01. The maximum Gasteiger partial charge on any atom is 0.311 e. The van der Waals surface area contributed by atoms with Crippen molar-refractivity contribution in [2.24, 2.45) is 0 Å². The molecule has 4 rings (SSSR count). The topological polar surface area (TPSA) is 86.1 Å². The number of imidazole rings is 1. The van der Waals surface area contributed by atoms with Gasteiger partial charge in [0.15, 0.2) is 5.13 Å². The zero-order chi connectivity index (χ0) is 21.6. The van der Waals surface area contributed by atoms with E-state index in [-0.39, 0.29) is 24.7 Å². The first kappa shape index (κ1) is 20.7. The first-order valence-corrected chi connectivity index (χ1v) is 10.9. The Bertz CT molecular complexity index is 1200. The SMILES string of the molecule is CCOC(=O)Cc1csc(NC(=O)CCc2nc3ccccc3n2-c2ccccc2)n1. The Balaban J connectivity index is 1.44. The number of carbonyl (C=O) groups excluding carboxylic acids is 2. The second-order valence-electron chi connectivity index (χ2n) is 6.86. The molecule has 0 unspecified atom stereocenters. The zero-order valence-corrected chi connectivity index (χ0v) is 17.9. The van der Waals surface area contributed by atoms with Crippen molar-refractivity contribution < 1.29 is 14.3 Å². The van der Waals surface area contributed by atoms with Crippen molar-refractivity contribution in [3.05, 3.63) is 71.5 Å². The van der Waals surface area contributed by atoms with Crippen LogP contribution >= 0.6 is 11.3 Å². The molecule has 1 N–H and O–H groups in total. The molecule has 1 amide bonds.